The fourth-order valence-electron chi connectivity index (χ4n) is 3.20. The molecule has 2 N–H and O–H groups in total. The predicted molar refractivity (Wildman–Crippen MR) is 108 cm³/mol. The van der Waals surface area contributed by atoms with Crippen LogP contribution in [0.15, 0.2) is 12.1 Å². The van der Waals surface area contributed by atoms with Gasteiger partial charge in [-0.2, -0.15) is 13.2 Å². The van der Waals surface area contributed by atoms with Gasteiger partial charge in [-0.25, -0.2) is 0 Å². The first-order valence-corrected chi connectivity index (χ1v) is 9.13. The van der Waals surface area contributed by atoms with E-state index in [9.17, 15) is 18.0 Å². The Labute approximate surface area is 161 Å². The fraction of sp³-hybridized carbons (Fsp3) is 0.650. The topological polar surface area (TPSA) is 44.4 Å². The Morgan fingerprint density at radius 1 is 1.22 bits per heavy atom. The molecule has 2 rings (SSSR count). The molecule has 0 saturated heterocycles. The summed E-state index contributed by atoms with van der Waals surface area (Å²) in [7, 11) is 3.63. The van der Waals surface area contributed by atoms with E-state index in [1.807, 2.05) is 44.1 Å². The average Bonchev–Trinajstić information content (AvgIpc) is 3.14. The summed E-state index contributed by atoms with van der Waals surface area (Å²) in [5.74, 6) is -0.705. The fourth-order valence-corrected chi connectivity index (χ4v) is 3.20. The Balaban J connectivity index is 0.00000218. The van der Waals surface area contributed by atoms with Gasteiger partial charge in [0, 0.05) is 31.5 Å². The van der Waals surface area contributed by atoms with E-state index in [-0.39, 0.29) is 13.0 Å². The van der Waals surface area contributed by atoms with Crippen molar-refractivity contribution in [2.45, 2.75) is 66.1 Å². The van der Waals surface area contributed by atoms with Crippen molar-refractivity contribution in [3.63, 3.8) is 0 Å². The van der Waals surface area contributed by atoms with Crippen molar-refractivity contribution in [1.29, 1.82) is 0 Å². The minimum atomic E-state index is -4.43. The van der Waals surface area contributed by atoms with E-state index >= 15 is 0 Å². The van der Waals surface area contributed by atoms with E-state index in [1.54, 1.807) is 13.1 Å². The molecule has 0 heterocycles. The van der Waals surface area contributed by atoms with Crippen LogP contribution in [0.4, 0.5) is 24.5 Å². The molecule has 1 aliphatic carbocycles. The van der Waals surface area contributed by atoms with Crippen molar-refractivity contribution in [3.05, 3.63) is 23.3 Å². The van der Waals surface area contributed by atoms with Gasteiger partial charge >= 0.3 is 6.18 Å². The van der Waals surface area contributed by atoms with Crippen molar-refractivity contribution in [2.75, 3.05) is 30.9 Å². The molecule has 0 aromatic heterocycles. The van der Waals surface area contributed by atoms with E-state index in [1.165, 1.54) is 0 Å². The van der Waals surface area contributed by atoms with Gasteiger partial charge in [0.2, 0.25) is 0 Å². The Morgan fingerprint density at radius 3 is 2.26 bits per heavy atom. The zero-order valence-electron chi connectivity index (χ0n) is 16.3. The summed E-state index contributed by atoms with van der Waals surface area (Å²) in [6.45, 7) is 4.58. The highest BCUT2D eigenvalue weighted by molar-refractivity contribution is 6.01. The van der Waals surface area contributed by atoms with Crippen LogP contribution in [0.2, 0.25) is 0 Å². The molecule has 0 bridgehead atoms. The van der Waals surface area contributed by atoms with E-state index in [4.69, 9.17) is 0 Å². The molecule has 1 aliphatic rings. The molecule has 1 amide bonds. The highest BCUT2D eigenvalue weighted by atomic mass is 19.4. The third kappa shape index (κ3) is 6.96. The van der Waals surface area contributed by atoms with Crippen LogP contribution in [0, 0.1) is 6.92 Å². The minimum absolute atomic E-state index is 0. The lowest BCUT2D eigenvalue weighted by molar-refractivity contribution is -0.123. The molecule has 0 radical (unpaired) electrons. The van der Waals surface area contributed by atoms with Gasteiger partial charge in [-0.05, 0) is 37.5 Å². The largest absolute Gasteiger partial charge is 0.405 e. The molecular weight excluding hydrogens is 355 g/mol. The first kappa shape index (κ1) is 25.1. The summed E-state index contributed by atoms with van der Waals surface area (Å²) < 4.78 is 37.2. The van der Waals surface area contributed by atoms with E-state index in [0.717, 1.165) is 36.9 Å². The zero-order valence-corrected chi connectivity index (χ0v) is 16.3. The molecule has 0 unspecified atom stereocenters. The molecule has 4 nitrogen and oxygen atoms in total. The van der Waals surface area contributed by atoms with Crippen LogP contribution in [0.1, 0.15) is 62.9 Å². The van der Waals surface area contributed by atoms with Crippen LogP contribution in [-0.2, 0) is 0 Å². The van der Waals surface area contributed by atoms with Gasteiger partial charge in [-0.1, -0.05) is 34.1 Å². The maximum absolute atomic E-state index is 12.4. The van der Waals surface area contributed by atoms with Crippen molar-refractivity contribution < 1.29 is 18.0 Å². The molecule has 1 fully saturated rings. The SMILES string of the molecule is C.CC.CNc1cc(C(=O)NCC(F)(F)F)c(N(C)C2CCCC2)cc1C. The lowest BCUT2D eigenvalue weighted by Crippen LogP contribution is -2.36. The normalized spacial score (nSPS) is 13.9. The Bertz CT molecular complexity index is 597. The molecule has 27 heavy (non-hydrogen) atoms. The van der Waals surface area contributed by atoms with E-state index < -0.39 is 18.6 Å². The quantitative estimate of drug-likeness (QED) is 0.712. The van der Waals surface area contributed by atoms with Crippen LogP contribution in [-0.4, -0.2) is 38.8 Å². The average molecular weight is 390 g/mol. The predicted octanol–water partition coefficient (Wildman–Crippen LogP) is 5.37. The Hall–Kier alpha value is -1.92. The van der Waals surface area contributed by atoms with Crippen LogP contribution in [0.3, 0.4) is 0 Å². The van der Waals surface area contributed by atoms with Gasteiger partial charge in [0.05, 0.1) is 5.56 Å². The van der Waals surface area contributed by atoms with Gasteiger partial charge < -0.3 is 15.5 Å². The number of carbonyl (C=O) groups is 1. The molecule has 1 aromatic rings. The zero-order chi connectivity index (χ0) is 19.9. The number of nitrogens with one attached hydrogen (secondary N) is 2. The second-order valence-corrected chi connectivity index (χ2v) is 6.28. The van der Waals surface area contributed by atoms with Crippen LogP contribution >= 0.6 is 0 Å². The van der Waals surface area contributed by atoms with Gasteiger partial charge in [0.25, 0.3) is 5.91 Å². The molecule has 1 saturated carbocycles. The summed E-state index contributed by atoms with van der Waals surface area (Å²) in [6.07, 6.45) is -0.0834. The van der Waals surface area contributed by atoms with Crippen molar-refractivity contribution >= 4 is 17.3 Å². The third-order valence-corrected chi connectivity index (χ3v) is 4.56. The summed E-state index contributed by atoms with van der Waals surface area (Å²) in [4.78, 5) is 14.4. The van der Waals surface area contributed by atoms with Gasteiger partial charge in [-0.3, -0.25) is 4.79 Å². The van der Waals surface area contributed by atoms with Crippen molar-refractivity contribution in [1.82, 2.24) is 5.32 Å². The van der Waals surface area contributed by atoms with Gasteiger partial charge in [0.1, 0.15) is 6.54 Å². The van der Waals surface area contributed by atoms with Crippen LogP contribution in [0.25, 0.3) is 0 Å². The van der Waals surface area contributed by atoms with Gasteiger partial charge in [-0.15, -0.1) is 0 Å². The van der Waals surface area contributed by atoms with E-state index in [0.29, 0.717) is 11.7 Å². The molecular formula is C20H34F3N3O. The first-order valence-electron chi connectivity index (χ1n) is 9.13. The number of benzene rings is 1. The molecule has 1 aromatic carbocycles. The number of halogens is 3. The summed E-state index contributed by atoms with van der Waals surface area (Å²) in [5.41, 5.74) is 2.63. The molecule has 0 spiro atoms. The second-order valence-electron chi connectivity index (χ2n) is 6.28. The number of anilines is 2. The third-order valence-electron chi connectivity index (χ3n) is 4.56. The Kier molecular flexibility index (Phi) is 10.3. The second kappa shape index (κ2) is 11.0. The number of nitrogens with zero attached hydrogens (tertiary/aromatic N) is 1. The maximum atomic E-state index is 12.4. The summed E-state index contributed by atoms with van der Waals surface area (Å²) in [5, 5.41) is 4.95. The van der Waals surface area contributed by atoms with Crippen LogP contribution < -0.4 is 15.5 Å². The standard InChI is InChI=1S/C17H24F3N3O.C2H6.CH4/c1-11-8-15(23(3)12-6-4-5-7-12)13(9-14(11)21-2)16(24)22-10-17(18,19)20;1-2;/h8-9,12,21H,4-7,10H2,1-3H3,(H,22,24);1-2H3;1H4. The van der Waals surface area contributed by atoms with Crippen molar-refractivity contribution in [2.24, 2.45) is 0 Å². The number of hydrogen-bond acceptors (Lipinski definition) is 3. The number of alkyl halides is 3. The molecule has 156 valence electrons. The van der Waals surface area contributed by atoms with Gasteiger partial charge in [0.15, 0.2) is 0 Å². The first-order chi connectivity index (χ1) is 12.2. The van der Waals surface area contributed by atoms with E-state index in [2.05, 4.69) is 5.32 Å². The highest BCUT2D eigenvalue weighted by Crippen LogP contribution is 2.32. The molecule has 0 aliphatic heterocycles. The lowest BCUT2D eigenvalue weighted by Gasteiger charge is -2.29. The lowest BCUT2D eigenvalue weighted by atomic mass is 10.0. The highest BCUT2D eigenvalue weighted by Gasteiger charge is 2.29. The summed E-state index contributed by atoms with van der Waals surface area (Å²) in [6, 6.07) is 3.81. The Morgan fingerprint density at radius 2 is 1.78 bits per heavy atom. The van der Waals surface area contributed by atoms with Crippen LogP contribution in [0.5, 0.6) is 0 Å². The number of hydrogen-bond donors (Lipinski definition) is 2. The number of carbonyl (C=O) groups excluding carboxylic acids is 1. The maximum Gasteiger partial charge on any atom is 0.405 e. The number of rotatable bonds is 5. The monoisotopic (exact) mass is 389 g/mol. The summed E-state index contributed by atoms with van der Waals surface area (Å²) >= 11 is 0. The van der Waals surface area contributed by atoms with Crippen molar-refractivity contribution in [3.8, 4) is 0 Å². The smallest absolute Gasteiger partial charge is 0.388 e. The number of amides is 1. The molecule has 0 atom stereocenters. The minimum Gasteiger partial charge on any atom is -0.388 e. The molecule has 7 heteroatoms. The number of aryl methyl sites for hydroxylation is 1.